The monoisotopic (exact) mass is 292 g/mol. The molecule has 0 unspecified atom stereocenters. The minimum atomic E-state index is -0.334. The van der Waals surface area contributed by atoms with Crippen molar-refractivity contribution in [1.82, 2.24) is 20.3 Å². The average molecular weight is 292 g/mol. The smallest absolute Gasteiger partial charge is 0.324 e. The van der Waals surface area contributed by atoms with E-state index in [1.54, 1.807) is 11.8 Å². The Bertz CT molecular complexity index is 573. The minimum absolute atomic E-state index is 0.0673. The molecule has 0 atom stereocenters. The summed E-state index contributed by atoms with van der Waals surface area (Å²) in [5.41, 5.74) is 0.462. The first-order chi connectivity index (χ1) is 10.1. The molecule has 0 bridgehead atoms. The van der Waals surface area contributed by atoms with Crippen molar-refractivity contribution in [2.24, 2.45) is 0 Å². The summed E-state index contributed by atoms with van der Waals surface area (Å²) in [6, 6.07) is -0.465. The maximum atomic E-state index is 12.3. The Morgan fingerprint density at radius 2 is 2.10 bits per heavy atom. The van der Waals surface area contributed by atoms with Crippen molar-refractivity contribution < 1.29 is 18.9 Å². The largest absolute Gasteiger partial charge is 0.361 e. The Hall–Kier alpha value is -2.38. The van der Waals surface area contributed by atoms with Crippen molar-refractivity contribution in [1.29, 1.82) is 0 Å². The molecule has 0 saturated carbocycles. The summed E-state index contributed by atoms with van der Waals surface area (Å²) in [7, 11) is 0. The fraction of sp³-hybridized carbons (Fsp3) is 0.538. The van der Waals surface area contributed by atoms with Gasteiger partial charge in [-0.15, -0.1) is 0 Å². The van der Waals surface area contributed by atoms with Crippen LogP contribution in [0, 0.1) is 6.92 Å². The molecule has 0 aromatic carbocycles. The number of carbonyl (C=O) groups excluding carboxylic acids is 3. The lowest BCUT2D eigenvalue weighted by Gasteiger charge is -2.35. The zero-order chi connectivity index (χ0) is 15.0. The Kier molecular flexibility index (Phi) is 3.36. The number of aryl methyl sites for hydroxylation is 1. The van der Waals surface area contributed by atoms with Gasteiger partial charge in [-0.25, -0.2) is 4.79 Å². The number of aromatic nitrogens is 1. The number of rotatable bonds is 2. The molecule has 112 valence electrons. The highest BCUT2D eigenvalue weighted by Crippen LogP contribution is 2.21. The lowest BCUT2D eigenvalue weighted by atomic mass is 10.0. The molecule has 3 rings (SSSR count). The number of carbonyl (C=O) groups is 3. The van der Waals surface area contributed by atoms with Gasteiger partial charge in [0, 0.05) is 19.1 Å². The Balaban J connectivity index is 1.63. The van der Waals surface area contributed by atoms with E-state index in [0.29, 0.717) is 37.3 Å². The molecule has 0 radical (unpaired) electrons. The van der Waals surface area contributed by atoms with E-state index in [1.165, 1.54) is 11.1 Å². The lowest BCUT2D eigenvalue weighted by molar-refractivity contribution is -0.127. The van der Waals surface area contributed by atoms with Crippen LogP contribution >= 0.6 is 0 Å². The molecule has 2 aliphatic rings. The third-order valence-corrected chi connectivity index (χ3v) is 3.98. The van der Waals surface area contributed by atoms with E-state index in [4.69, 9.17) is 4.52 Å². The summed E-state index contributed by atoms with van der Waals surface area (Å²) in [6.45, 7) is 2.77. The topological polar surface area (TPSA) is 95.8 Å². The predicted molar refractivity (Wildman–Crippen MR) is 70.4 cm³/mol. The number of nitrogens with zero attached hydrogens (tertiary/aromatic N) is 3. The highest BCUT2D eigenvalue weighted by atomic mass is 16.5. The number of nitrogens with one attached hydrogen (secondary N) is 1. The second-order valence-electron chi connectivity index (χ2n) is 5.24. The van der Waals surface area contributed by atoms with E-state index in [1.807, 2.05) is 0 Å². The summed E-state index contributed by atoms with van der Waals surface area (Å²) >= 11 is 0. The molecule has 21 heavy (non-hydrogen) atoms. The highest BCUT2D eigenvalue weighted by molar-refractivity contribution is 6.02. The van der Waals surface area contributed by atoms with Gasteiger partial charge >= 0.3 is 6.03 Å². The van der Waals surface area contributed by atoms with Gasteiger partial charge in [0.1, 0.15) is 11.3 Å². The molecule has 3 heterocycles. The third kappa shape index (κ3) is 2.37. The van der Waals surface area contributed by atoms with Crippen LogP contribution in [0.3, 0.4) is 0 Å². The maximum absolute atomic E-state index is 12.3. The molecule has 8 heteroatoms. The van der Waals surface area contributed by atoms with Gasteiger partial charge in [0.25, 0.3) is 5.91 Å². The molecule has 0 spiro atoms. The third-order valence-electron chi connectivity index (χ3n) is 3.98. The van der Waals surface area contributed by atoms with Gasteiger partial charge in [-0.1, -0.05) is 5.16 Å². The Morgan fingerprint density at radius 1 is 1.38 bits per heavy atom. The van der Waals surface area contributed by atoms with Crippen molar-refractivity contribution in [3.05, 3.63) is 17.5 Å². The van der Waals surface area contributed by atoms with Gasteiger partial charge in [0.15, 0.2) is 0 Å². The van der Waals surface area contributed by atoms with Crippen LogP contribution in [-0.4, -0.2) is 58.5 Å². The van der Waals surface area contributed by atoms with Crippen LogP contribution in [0.2, 0.25) is 0 Å². The molecule has 1 aromatic rings. The van der Waals surface area contributed by atoms with Gasteiger partial charge in [-0.3, -0.25) is 14.5 Å². The molecular weight excluding hydrogens is 276 g/mol. The van der Waals surface area contributed by atoms with Crippen LogP contribution in [0.4, 0.5) is 4.79 Å². The number of piperidine rings is 1. The second-order valence-corrected chi connectivity index (χ2v) is 5.24. The molecule has 8 nitrogen and oxygen atoms in total. The first-order valence-electron chi connectivity index (χ1n) is 6.88. The molecule has 2 saturated heterocycles. The molecule has 1 N–H and O–H groups in total. The minimum Gasteiger partial charge on any atom is -0.361 e. The summed E-state index contributed by atoms with van der Waals surface area (Å²) in [5.74, 6) is 0.181. The first kappa shape index (κ1) is 13.6. The van der Waals surface area contributed by atoms with Crippen molar-refractivity contribution >= 4 is 17.8 Å². The lowest BCUT2D eigenvalue weighted by Crippen LogP contribution is -2.49. The Morgan fingerprint density at radius 3 is 2.62 bits per heavy atom. The van der Waals surface area contributed by atoms with Gasteiger partial charge in [0.2, 0.25) is 5.91 Å². The van der Waals surface area contributed by atoms with Gasteiger partial charge < -0.3 is 14.7 Å². The summed E-state index contributed by atoms with van der Waals surface area (Å²) in [5, 5.41) is 6.12. The van der Waals surface area contributed by atoms with Crippen LogP contribution in [0.1, 0.15) is 29.0 Å². The van der Waals surface area contributed by atoms with Gasteiger partial charge in [-0.05, 0) is 19.8 Å². The SMILES string of the molecule is Cc1oncc1C(=O)N1CCC(N2C(=O)CNC2=O)CC1. The number of amides is 4. The molecule has 2 fully saturated rings. The van der Waals surface area contributed by atoms with Gasteiger partial charge in [0.05, 0.1) is 12.7 Å². The van der Waals surface area contributed by atoms with Gasteiger partial charge in [-0.2, -0.15) is 0 Å². The fourth-order valence-corrected chi connectivity index (χ4v) is 2.81. The highest BCUT2D eigenvalue weighted by Gasteiger charge is 2.37. The van der Waals surface area contributed by atoms with E-state index < -0.39 is 0 Å². The summed E-state index contributed by atoms with van der Waals surface area (Å²) < 4.78 is 4.90. The molecule has 0 aliphatic carbocycles. The average Bonchev–Trinajstić information content (AvgIpc) is 3.05. The van der Waals surface area contributed by atoms with Crippen LogP contribution in [0.25, 0.3) is 0 Å². The fourth-order valence-electron chi connectivity index (χ4n) is 2.81. The van der Waals surface area contributed by atoms with E-state index in [-0.39, 0.29) is 30.4 Å². The van der Waals surface area contributed by atoms with Crippen LogP contribution in [-0.2, 0) is 4.79 Å². The van der Waals surface area contributed by atoms with Crippen molar-refractivity contribution in [2.75, 3.05) is 19.6 Å². The zero-order valence-corrected chi connectivity index (χ0v) is 11.7. The zero-order valence-electron chi connectivity index (χ0n) is 11.7. The normalized spacial score (nSPS) is 20.0. The van der Waals surface area contributed by atoms with E-state index in [0.717, 1.165) is 0 Å². The van der Waals surface area contributed by atoms with Crippen molar-refractivity contribution in [3.63, 3.8) is 0 Å². The second kappa shape index (κ2) is 5.19. The number of imide groups is 1. The summed E-state index contributed by atoms with van der Waals surface area (Å²) in [4.78, 5) is 38.6. The maximum Gasteiger partial charge on any atom is 0.324 e. The van der Waals surface area contributed by atoms with E-state index >= 15 is 0 Å². The standard InChI is InChI=1S/C13H16N4O4/c1-8-10(6-15-21-8)12(19)16-4-2-9(3-5-16)17-11(18)7-14-13(17)20/h6,9H,2-5,7H2,1H3,(H,14,20). The number of urea groups is 1. The summed E-state index contributed by atoms with van der Waals surface area (Å²) in [6.07, 6.45) is 2.60. The predicted octanol–water partition coefficient (Wildman–Crippen LogP) is 0.139. The van der Waals surface area contributed by atoms with Crippen molar-refractivity contribution in [2.45, 2.75) is 25.8 Å². The molecule has 4 amide bonds. The van der Waals surface area contributed by atoms with E-state index in [9.17, 15) is 14.4 Å². The molecular formula is C13H16N4O4. The molecule has 1 aromatic heterocycles. The number of hydrogen-bond donors (Lipinski definition) is 1. The first-order valence-corrected chi connectivity index (χ1v) is 6.88. The van der Waals surface area contributed by atoms with Crippen LogP contribution < -0.4 is 5.32 Å². The van der Waals surface area contributed by atoms with Crippen molar-refractivity contribution in [3.8, 4) is 0 Å². The van der Waals surface area contributed by atoms with E-state index in [2.05, 4.69) is 10.5 Å². The Labute approximate surface area is 121 Å². The number of likely N-dealkylation sites (tertiary alicyclic amines) is 1. The van der Waals surface area contributed by atoms with Crippen LogP contribution in [0.5, 0.6) is 0 Å². The molecule has 2 aliphatic heterocycles. The quantitative estimate of drug-likeness (QED) is 0.782. The number of hydrogen-bond acceptors (Lipinski definition) is 5. The van der Waals surface area contributed by atoms with Crippen LogP contribution in [0.15, 0.2) is 10.7 Å².